The number of allylic oxidation sites excluding steroid dienone is 1. The van der Waals surface area contributed by atoms with Crippen molar-refractivity contribution in [1.82, 2.24) is 0 Å². The Morgan fingerprint density at radius 3 is 2.07 bits per heavy atom. The molecule has 3 heteroatoms. The summed E-state index contributed by atoms with van der Waals surface area (Å²) in [6.45, 7) is 11.0. The van der Waals surface area contributed by atoms with E-state index < -0.39 is 5.97 Å². The molecule has 1 aliphatic rings. The second kappa shape index (κ2) is 6.88. The van der Waals surface area contributed by atoms with Crippen LogP contribution in [0.4, 0.5) is 0 Å². The smallest absolute Gasteiger partial charge is 0.328 e. The highest BCUT2D eigenvalue weighted by atomic mass is 16.5. The third kappa shape index (κ3) is 4.08. The molecule has 0 amide bonds. The molecule has 0 bridgehead atoms. The summed E-state index contributed by atoms with van der Waals surface area (Å²) >= 11 is 0. The first-order valence-electron chi connectivity index (χ1n) is 9.43. The van der Waals surface area contributed by atoms with Gasteiger partial charge in [0.15, 0.2) is 0 Å². The molecular formula is C24H28O3. The Morgan fingerprint density at radius 2 is 1.48 bits per heavy atom. The zero-order valence-corrected chi connectivity index (χ0v) is 16.8. The van der Waals surface area contributed by atoms with Crippen molar-refractivity contribution in [1.29, 1.82) is 0 Å². The summed E-state index contributed by atoms with van der Waals surface area (Å²) in [5.41, 5.74) is 4.71. The summed E-state index contributed by atoms with van der Waals surface area (Å²) in [4.78, 5) is 10.8. The molecule has 1 N–H and O–H groups in total. The third-order valence-electron chi connectivity index (χ3n) is 5.71. The number of carboxylic acid groups (broad SMARTS) is 1. The van der Waals surface area contributed by atoms with Gasteiger partial charge >= 0.3 is 5.97 Å². The standard InChI is InChI=1S/C24H28O3/c1-16(14-22(25)26)17-6-8-18(9-7-17)27-19-10-11-20-21(15-19)24(4,5)13-12-23(20,2)3/h6-11,14-15H,12-13H2,1-5H3,(H,25,26)/b16-14+. The van der Waals surface area contributed by atoms with Crippen LogP contribution in [0.5, 0.6) is 11.5 Å². The lowest BCUT2D eigenvalue weighted by Gasteiger charge is -2.41. The van der Waals surface area contributed by atoms with Crippen molar-refractivity contribution < 1.29 is 14.6 Å². The van der Waals surface area contributed by atoms with E-state index in [0.29, 0.717) is 5.57 Å². The van der Waals surface area contributed by atoms with Crippen molar-refractivity contribution in [3.63, 3.8) is 0 Å². The van der Waals surface area contributed by atoms with E-state index in [-0.39, 0.29) is 10.8 Å². The second-order valence-corrected chi connectivity index (χ2v) is 8.77. The normalized spacial score (nSPS) is 17.9. The van der Waals surface area contributed by atoms with Gasteiger partial charge in [0.1, 0.15) is 11.5 Å². The highest BCUT2D eigenvalue weighted by molar-refractivity contribution is 5.89. The maximum atomic E-state index is 10.8. The van der Waals surface area contributed by atoms with Gasteiger partial charge in [-0.3, -0.25) is 0 Å². The number of hydrogen-bond donors (Lipinski definition) is 1. The van der Waals surface area contributed by atoms with Crippen LogP contribution in [0, 0.1) is 0 Å². The van der Waals surface area contributed by atoms with Gasteiger partial charge < -0.3 is 9.84 Å². The summed E-state index contributed by atoms with van der Waals surface area (Å²) < 4.78 is 6.09. The van der Waals surface area contributed by atoms with E-state index in [0.717, 1.165) is 17.1 Å². The lowest BCUT2D eigenvalue weighted by molar-refractivity contribution is -0.131. The van der Waals surface area contributed by atoms with E-state index in [4.69, 9.17) is 9.84 Å². The molecule has 0 aliphatic heterocycles. The summed E-state index contributed by atoms with van der Waals surface area (Å²) in [7, 11) is 0. The van der Waals surface area contributed by atoms with Crippen LogP contribution in [-0.2, 0) is 15.6 Å². The van der Waals surface area contributed by atoms with Gasteiger partial charge in [-0.05, 0) is 77.1 Å². The Balaban J connectivity index is 1.86. The summed E-state index contributed by atoms with van der Waals surface area (Å²) in [6, 6.07) is 14.0. The topological polar surface area (TPSA) is 46.5 Å². The molecule has 0 atom stereocenters. The van der Waals surface area contributed by atoms with Crippen LogP contribution < -0.4 is 4.74 Å². The van der Waals surface area contributed by atoms with Crippen LogP contribution in [0.25, 0.3) is 5.57 Å². The molecule has 142 valence electrons. The number of aliphatic carboxylic acids is 1. The zero-order valence-electron chi connectivity index (χ0n) is 16.8. The molecule has 0 radical (unpaired) electrons. The molecule has 0 saturated heterocycles. The Bertz CT molecular complexity index is 886. The van der Waals surface area contributed by atoms with Crippen LogP contribution >= 0.6 is 0 Å². The minimum atomic E-state index is -0.938. The van der Waals surface area contributed by atoms with E-state index in [1.54, 1.807) is 6.92 Å². The third-order valence-corrected chi connectivity index (χ3v) is 5.71. The average Bonchev–Trinajstić information content (AvgIpc) is 2.59. The molecule has 3 rings (SSSR count). The quantitative estimate of drug-likeness (QED) is 0.646. The van der Waals surface area contributed by atoms with Crippen molar-refractivity contribution in [3.05, 3.63) is 65.2 Å². The molecule has 2 aromatic rings. The molecule has 0 saturated carbocycles. The van der Waals surface area contributed by atoms with Gasteiger partial charge in [0.25, 0.3) is 0 Å². The minimum absolute atomic E-state index is 0.146. The Labute approximate surface area is 161 Å². The van der Waals surface area contributed by atoms with Crippen molar-refractivity contribution in [2.45, 2.75) is 58.3 Å². The monoisotopic (exact) mass is 364 g/mol. The Hall–Kier alpha value is -2.55. The van der Waals surface area contributed by atoms with Gasteiger partial charge in [-0.25, -0.2) is 4.79 Å². The van der Waals surface area contributed by atoms with Gasteiger partial charge in [-0.1, -0.05) is 45.9 Å². The number of hydrogen-bond acceptors (Lipinski definition) is 2. The van der Waals surface area contributed by atoms with Gasteiger partial charge in [0, 0.05) is 6.08 Å². The zero-order chi connectivity index (χ0) is 19.8. The van der Waals surface area contributed by atoms with Crippen molar-refractivity contribution in [2.24, 2.45) is 0 Å². The van der Waals surface area contributed by atoms with Gasteiger partial charge in [-0.2, -0.15) is 0 Å². The molecule has 1 aliphatic carbocycles. The van der Waals surface area contributed by atoms with E-state index in [2.05, 4.69) is 39.8 Å². The molecule has 0 heterocycles. The first-order valence-corrected chi connectivity index (χ1v) is 9.43. The molecule has 0 spiro atoms. The van der Waals surface area contributed by atoms with Gasteiger partial charge in [0.05, 0.1) is 0 Å². The van der Waals surface area contributed by atoms with Crippen LogP contribution in [0.3, 0.4) is 0 Å². The molecule has 2 aromatic carbocycles. The number of benzene rings is 2. The van der Waals surface area contributed by atoms with E-state index >= 15 is 0 Å². The fraction of sp³-hybridized carbons (Fsp3) is 0.375. The molecule has 0 unspecified atom stereocenters. The maximum Gasteiger partial charge on any atom is 0.328 e. The first-order chi connectivity index (χ1) is 12.6. The Morgan fingerprint density at radius 1 is 0.926 bits per heavy atom. The van der Waals surface area contributed by atoms with E-state index in [1.165, 1.54) is 30.0 Å². The van der Waals surface area contributed by atoms with Crippen LogP contribution in [0.1, 0.15) is 64.2 Å². The number of fused-ring (bicyclic) bond motifs is 1. The Kier molecular flexibility index (Phi) is 4.90. The lowest BCUT2D eigenvalue weighted by Crippen LogP contribution is -2.33. The summed E-state index contributed by atoms with van der Waals surface area (Å²) in [6.07, 6.45) is 3.57. The van der Waals surface area contributed by atoms with Crippen LogP contribution in [-0.4, -0.2) is 11.1 Å². The van der Waals surface area contributed by atoms with Gasteiger partial charge in [-0.15, -0.1) is 0 Å². The first kappa shape index (κ1) is 19.2. The molecule has 0 aromatic heterocycles. The van der Waals surface area contributed by atoms with E-state index in [1.807, 2.05) is 30.3 Å². The minimum Gasteiger partial charge on any atom is -0.478 e. The molecule has 3 nitrogen and oxygen atoms in total. The number of carbonyl (C=O) groups is 1. The molecule has 0 fully saturated rings. The average molecular weight is 364 g/mol. The predicted molar refractivity (Wildman–Crippen MR) is 110 cm³/mol. The fourth-order valence-electron chi connectivity index (χ4n) is 3.82. The van der Waals surface area contributed by atoms with Crippen LogP contribution in [0.2, 0.25) is 0 Å². The largest absolute Gasteiger partial charge is 0.478 e. The van der Waals surface area contributed by atoms with Crippen LogP contribution in [0.15, 0.2) is 48.5 Å². The molecular weight excluding hydrogens is 336 g/mol. The van der Waals surface area contributed by atoms with Crippen molar-refractivity contribution >= 4 is 11.5 Å². The second-order valence-electron chi connectivity index (χ2n) is 8.77. The molecule has 27 heavy (non-hydrogen) atoms. The van der Waals surface area contributed by atoms with Crippen molar-refractivity contribution in [3.8, 4) is 11.5 Å². The summed E-state index contributed by atoms with van der Waals surface area (Å²) in [5, 5.41) is 8.87. The van der Waals surface area contributed by atoms with E-state index in [9.17, 15) is 4.79 Å². The van der Waals surface area contributed by atoms with Gasteiger partial charge in [0.2, 0.25) is 0 Å². The number of rotatable bonds is 4. The lowest BCUT2D eigenvalue weighted by atomic mass is 9.63. The van der Waals surface area contributed by atoms with Crippen molar-refractivity contribution in [2.75, 3.05) is 0 Å². The summed E-state index contributed by atoms with van der Waals surface area (Å²) in [5.74, 6) is 0.646. The highest BCUT2D eigenvalue weighted by Gasteiger charge is 2.37. The number of carboxylic acids is 1. The maximum absolute atomic E-state index is 10.8. The number of ether oxygens (including phenoxy) is 1. The fourth-order valence-corrected chi connectivity index (χ4v) is 3.82. The SMILES string of the molecule is C/C(=C\C(=O)O)c1ccc(Oc2ccc3c(c2)C(C)(C)CCC3(C)C)cc1. The predicted octanol–water partition coefficient (Wildman–Crippen LogP) is 6.32. The highest BCUT2D eigenvalue weighted by Crippen LogP contribution is 2.47.